The summed E-state index contributed by atoms with van der Waals surface area (Å²) in [4.78, 5) is 8.08. The van der Waals surface area contributed by atoms with Crippen LogP contribution in [0.1, 0.15) is 12.8 Å². The van der Waals surface area contributed by atoms with Gasteiger partial charge in [-0.25, -0.2) is 8.42 Å². The minimum atomic E-state index is -3.53. The lowest BCUT2D eigenvalue weighted by Gasteiger charge is -2.24. The summed E-state index contributed by atoms with van der Waals surface area (Å²) >= 11 is 1.74. The number of nitrogens with zero attached hydrogens (tertiary/aromatic N) is 2. The molecule has 0 unspecified atom stereocenters. The molecule has 0 bridgehead atoms. The molecule has 1 aromatic heterocycles. The molecule has 6 nitrogen and oxygen atoms in total. The number of nitrogens with two attached hydrogens (primary N) is 1. The highest BCUT2D eigenvalue weighted by molar-refractivity contribution is 7.99. The molecule has 5 rings (SSSR count). The zero-order chi connectivity index (χ0) is 20.0. The second-order valence-corrected chi connectivity index (χ2v) is 10.5. The van der Waals surface area contributed by atoms with Crippen LogP contribution in [-0.4, -0.2) is 37.7 Å². The fourth-order valence-electron chi connectivity index (χ4n) is 4.01. The normalized spacial score (nSPS) is 19.4. The van der Waals surface area contributed by atoms with Crippen LogP contribution in [0.4, 0.5) is 17.1 Å². The Balaban J connectivity index is 1.64. The number of thioether (sulfide) groups is 1. The van der Waals surface area contributed by atoms with E-state index < -0.39 is 15.1 Å². The van der Waals surface area contributed by atoms with Gasteiger partial charge in [-0.3, -0.25) is 4.98 Å². The van der Waals surface area contributed by atoms with Crippen LogP contribution >= 0.6 is 11.8 Å². The quantitative estimate of drug-likeness (QED) is 0.633. The lowest BCUT2D eigenvalue weighted by atomic mass is 10.1. The Hall–Kier alpha value is -2.29. The highest BCUT2D eigenvalue weighted by Crippen LogP contribution is 2.45. The van der Waals surface area contributed by atoms with Crippen molar-refractivity contribution >= 4 is 49.6 Å². The van der Waals surface area contributed by atoms with E-state index in [1.54, 1.807) is 30.1 Å². The second kappa shape index (κ2) is 7.19. The van der Waals surface area contributed by atoms with Crippen LogP contribution in [0.2, 0.25) is 0 Å². The molecular formula is C21H21N3O3S2. The number of anilines is 3. The molecule has 0 spiro atoms. The van der Waals surface area contributed by atoms with Crippen LogP contribution in [0.15, 0.2) is 58.5 Å². The van der Waals surface area contributed by atoms with Gasteiger partial charge in [0.15, 0.2) is 9.84 Å². The van der Waals surface area contributed by atoms with E-state index >= 15 is 0 Å². The van der Waals surface area contributed by atoms with E-state index in [1.165, 1.54) is 0 Å². The molecule has 1 fully saturated rings. The van der Waals surface area contributed by atoms with Crippen molar-refractivity contribution in [3.63, 3.8) is 0 Å². The highest BCUT2D eigenvalue weighted by Gasteiger charge is 2.32. The van der Waals surface area contributed by atoms with Crippen molar-refractivity contribution in [2.45, 2.75) is 27.9 Å². The maximum atomic E-state index is 13.3. The number of ether oxygens (including phenoxy) is 1. The standard InChI is InChI=1S/C21H21N3O3S2/c22-14-6-7-19-18(11-14)24(13-28-19)17-8-9-23-21-16(17)4-1-5-20(21)29(25,26)15-3-2-10-27-12-15/h1,4-9,11,15H,2-3,10,12-13,22H2/t15-/m1/s1. The summed E-state index contributed by atoms with van der Waals surface area (Å²) in [6.07, 6.45) is 3.06. The van der Waals surface area contributed by atoms with E-state index in [0.717, 1.165) is 34.0 Å². The Bertz CT molecular complexity index is 1190. The number of hydrogen-bond acceptors (Lipinski definition) is 7. The molecule has 2 aromatic carbocycles. The van der Waals surface area contributed by atoms with Crippen molar-refractivity contribution in [3.05, 3.63) is 48.7 Å². The maximum Gasteiger partial charge on any atom is 0.185 e. The summed E-state index contributed by atoms with van der Waals surface area (Å²) in [5.41, 5.74) is 9.20. The van der Waals surface area contributed by atoms with Crippen molar-refractivity contribution in [2.75, 3.05) is 29.7 Å². The fraction of sp³-hybridized carbons (Fsp3) is 0.286. The molecule has 0 saturated carbocycles. The van der Waals surface area contributed by atoms with E-state index in [1.807, 2.05) is 30.3 Å². The number of pyridine rings is 1. The van der Waals surface area contributed by atoms with Gasteiger partial charge in [-0.05, 0) is 43.2 Å². The molecule has 1 saturated heterocycles. The van der Waals surface area contributed by atoms with Crippen LogP contribution in [-0.2, 0) is 14.6 Å². The van der Waals surface area contributed by atoms with Gasteiger partial charge < -0.3 is 15.4 Å². The van der Waals surface area contributed by atoms with Gasteiger partial charge in [0.25, 0.3) is 0 Å². The van der Waals surface area contributed by atoms with Gasteiger partial charge in [-0.2, -0.15) is 0 Å². The predicted molar refractivity (Wildman–Crippen MR) is 116 cm³/mol. The summed E-state index contributed by atoms with van der Waals surface area (Å²) in [6.45, 7) is 0.868. The van der Waals surface area contributed by atoms with Crippen molar-refractivity contribution in [3.8, 4) is 0 Å². The summed E-state index contributed by atoms with van der Waals surface area (Å²) in [7, 11) is -3.53. The average molecular weight is 428 g/mol. The van der Waals surface area contributed by atoms with Crippen molar-refractivity contribution < 1.29 is 13.2 Å². The third-order valence-corrected chi connectivity index (χ3v) is 8.72. The van der Waals surface area contributed by atoms with E-state index in [2.05, 4.69) is 9.88 Å². The van der Waals surface area contributed by atoms with Crippen molar-refractivity contribution in [1.82, 2.24) is 4.98 Å². The zero-order valence-electron chi connectivity index (χ0n) is 15.7. The molecule has 0 amide bonds. The van der Waals surface area contributed by atoms with E-state index in [4.69, 9.17) is 10.5 Å². The lowest BCUT2D eigenvalue weighted by Crippen LogP contribution is -2.31. The second-order valence-electron chi connectivity index (χ2n) is 7.30. The number of benzene rings is 2. The van der Waals surface area contributed by atoms with Crippen LogP contribution in [0, 0.1) is 0 Å². The van der Waals surface area contributed by atoms with Gasteiger partial charge in [0.2, 0.25) is 0 Å². The van der Waals surface area contributed by atoms with Gasteiger partial charge >= 0.3 is 0 Å². The molecule has 2 aliphatic heterocycles. The summed E-state index contributed by atoms with van der Waals surface area (Å²) in [5, 5.41) is 0.302. The number of hydrogen-bond donors (Lipinski definition) is 1. The minimum absolute atomic E-state index is 0.244. The molecule has 150 valence electrons. The third-order valence-electron chi connectivity index (χ3n) is 5.49. The summed E-state index contributed by atoms with van der Waals surface area (Å²) < 4.78 is 32.1. The SMILES string of the molecule is Nc1ccc2c(c1)N(c1ccnc3c(S(=O)(=O)[C@@H]4CCCOC4)cccc13)CS2. The first-order chi connectivity index (χ1) is 14.1. The number of rotatable bonds is 3. The van der Waals surface area contributed by atoms with Crippen molar-refractivity contribution in [2.24, 2.45) is 0 Å². The molecule has 2 N–H and O–H groups in total. The van der Waals surface area contributed by atoms with Crippen LogP contribution in [0.25, 0.3) is 10.9 Å². The Labute approximate surface area is 174 Å². The van der Waals surface area contributed by atoms with Crippen molar-refractivity contribution in [1.29, 1.82) is 0 Å². The first kappa shape index (κ1) is 18.7. The van der Waals surface area contributed by atoms with Gasteiger partial charge in [-0.15, -0.1) is 11.8 Å². The molecule has 0 aliphatic carbocycles. The molecule has 29 heavy (non-hydrogen) atoms. The Kier molecular flexibility index (Phi) is 4.64. The molecule has 3 heterocycles. The predicted octanol–water partition coefficient (Wildman–Crippen LogP) is 3.97. The molecule has 2 aliphatic rings. The Morgan fingerprint density at radius 1 is 1.17 bits per heavy atom. The van der Waals surface area contributed by atoms with Crippen LogP contribution < -0.4 is 10.6 Å². The molecular weight excluding hydrogens is 406 g/mol. The average Bonchev–Trinajstić information content (AvgIpc) is 3.16. The van der Waals surface area contributed by atoms with Gasteiger partial charge in [0.05, 0.1) is 39.5 Å². The van der Waals surface area contributed by atoms with Gasteiger partial charge in [0.1, 0.15) is 0 Å². The zero-order valence-corrected chi connectivity index (χ0v) is 17.4. The van der Waals surface area contributed by atoms with E-state index in [9.17, 15) is 8.42 Å². The Morgan fingerprint density at radius 3 is 2.90 bits per heavy atom. The monoisotopic (exact) mass is 427 g/mol. The first-order valence-electron chi connectivity index (χ1n) is 9.55. The topological polar surface area (TPSA) is 85.5 Å². The maximum absolute atomic E-state index is 13.3. The number of fused-ring (bicyclic) bond motifs is 2. The minimum Gasteiger partial charge on any atom is -0.399 e. The third kappa shape index (κ3) is 3.15. The summed E-state index contributed by atoms with van der Waals surface area (Å²) in [5.74, 6) is 0.741. The first-order valence-corrected chi connectivity index (χ1v) is 12.1. The Morgan fingerprint density at radius 2 is 2.07 bits per heavy atom. The fourth-order valence-corrected chi connectivity index (χ4v) is 6.84. The van der Waals surface area contributed by atoms with Gasteiger partial charge in [0, 0.05) is 28.8 Å². The molecule has 8 heteroatoms. The number of aromatic nitrogens is 1. The van der Waals surface area contributed by atoms with Crippen LogP contribution in [0.3, 0.4) is 0 Å². The highest BCUT2D eigenvalue weighted by atomic mass is 32.2. The molecule has 0 radical (unpaired) electrons. The lowest BCUT2D eigenvalue weighted by molar-refractivity contribution is 0.0991. The van der Waals surface area contributed by atoms with Gasteiger partial charge in [-0.1, -0.05) is 12.1 Å². The largest absolute Gasteiger partial charge is 0.399 e. The molecule has 3 aromatic rings. The number of nitrogen functional groups attached to an aromatic ring is 1. The molecule has 1 atom stereocenters. The van der Waals surface area contributed by atoms with Crippen LogP contribution in [0.5, 0.6) is 0 Å². The number of sulfone groups is 1. The van der Waals surface area contributed by atoms with E-state index in [-0.39, 0.29) is 11.5 Å². The summed E-state index contributed by atoms with van der Waals surface area (Å²) in [6, 6.07) is 13.2. The number of para-hydroxylation sites is 1. The van der Waals surface area contributed by atoms with E-state index in [0.29, 0.717) is 24.2 Å². The smallest absolute Gasteiger partial charge is 0.185 e.